The summed E-state index contributed by atoms with van der Waals surface area (Å²) in [5.41, 5.74) is 0. The summed E-state index contributed by atoms with van der Waals surface area (Å²) in [7, 11) is 5.97. The van der Waals surface area contributed by atoms with Gasteiger partial charge in [0, 0.05) is 12.8 Å². The molecule has 0 aromatic heterocycles. The SMILES string of the molecule is CC/C=C\C/C=C\C/C=C\CCCCCCCCCC(=O)OC(COC(=O)CCCCCCCCCCCCCCCCCCCCCCCCCCCCCC)COC(OCC[N+](C)(C)C)C(=O)O. The number of likely N-dealkylation sites (N-methyl/N-ethyl adjacent to an activating group) is 1. The zero-order valence-electron chi connectivity index (χ0n) is 46.7. The van der Waals surface area contributed by atoms with Gasteiger partial charge in [-0.05, 0) is 44.9 Å². The third-order valence-electron chi connectivity index (χ3n) is 13.2. The van der Waals surface area contributed by atoms with Crippen molar-refractivity contribution >= 4 is 17.9 Å². The molecule has 0 aromatic rings. The number of carboxylic acid groups (broad SMARTS) is 1. The lowest BCUT2D eigenvalue weighted by Crippen LogP contribution is -2.40. The van der Waals surface area contributed by atoms with Crippen molar-refractivity contribution in [3.05, 3.63) is 36.5 Å². The van der Waals surface area contributed by atoms with Crippen LogP contribution in [0.1, 0.15) is 277 Å². The number of carboxylic acids is 1. The minimum atomic E-state index is -1.51. The Morgan fingerprint density at radius 2 is 0.814 bits per heavy atom. The second-order valence-electron chi connectivity index (χ2n) is 21.3. The van der Waals surface area contributed by atoms with E-state index in [2.05, 4.69) is 50.3 Å². The number of ether oxygens (including phenoxy) is 4. The molecule has 0 aromatic carbocycles. The number of allylic oxidation sites excluding steroid dienone is 6. The minimum Gasteiger partial charge on any atom is -0.477 e. The molecule has 0 bridgehead atoms. The van der Waals surface area contributed by atoms with Gasteiger partial charge >= 0.3 is 17.9 Å². The number of carbonyl (C=O) groups is 3. The molecule has 0 spiro atoms. The second kappa shape index (κ2) is 52.8. The van der Waals surface area contributed by atoms with Crippen molar-refractivity contribution in [2.75, 3.05) is 47.5 Å². The Morgan fingerprint density at radius 1 is 0.443 bits per heavy atom. The quantitative estimate of drug-likeness (QED) is 0.0211. The number of hydrogen-bond donors (Lipinski definition) is 1. The lowest BCUT2D eigenvalue weighted by Gasteiger charge is -2.25. The minimum absolute atomic E-state index is 0.183. The van der Waals surface area contributed by atoms with E-state index < -0.39 is 24.3 Å². The van der Waals surface area contributed by atoms with E-state index in [1.54, 1.807) is 0 Å². The molecule has 9 heteroatoms. The number of esters is 2. The van der Waals surface area contributed by atoms with E-state index in [4.69, 9.17) is 18.9 Å². The zero-order valence-corrected chi connectivity index (χ0v) is 46.7. The van der Waals surface area contributed by atoms with Crippen molar-refractivity contribution in [1.29, 1.82) is 0 Å². The molecule has 0 aliphatic heterocycles. The Bertz CT molecular complexity index is 1240. The van der Waals surface area contributed by atoms with E-state index in [0.29, 0.717) is 23.9 Å². The highest BCUT2D eigenvalue weighted by Gasteiger charge is 2.25. The maximum Gasteiger partial charge on any atom is 0.361 e. The van der Waals surface area contributed by atoms with Gasteiger partial charge in [0.2, 0.25) is 0 Å². The monoisotopic (exact) mass is 989 g/mol. The summed E-state index contributed by atoms with van der Waals surface area (Å²) in [6.45, 7) is 4.79. The Morgan fingerprint density at radius 3 is 1.21 bits per heavy atom. The third kappa shape index (κ3) is 53.3. The van der Waals surface area contributed by atoms with Crippen LogP contribution in [0.3, 0.4) is 0 Å². The van der Waals surface area contributed by atoms with Gasteiger partial charge in [-0.1, -0.05) is 256 Å². The van der Waals surface area contributed by atoms with Crippen LogP contribution in [0.15, 0.2) is 36.5 Å². The van der Waals surface area contributed by atoms with Crippen molar-refractivity contribution in [2.24, 2.45) is 0 Å². The zero-order chi connectivity index (χ0) is 51.3. The van der Waals surface area contributed by atoms with Crippen molar-refractivity contribution in [3.8, 4) is 0 Å². The molecule has 70 heavy (non-hydrogen) atoms. The number of quaternary nitrogens is 1. The second-order valence-corrected chi connectivity index (χ2v) is 21.3. The van der Waals surface area contributed by atoms with Crippen molar-refractivity contribution in [3.63, 3.8) is 0 Å². The van der Waals surface area contributed by atoms with E-state index in [1.165, 1.54) is 180 Å². The standard InChI is InChI=1S/C61H113NO8/c1-6-8-10-12-14-16-18-20-22-24-25-26-27-28-29-30-31-32-33-34-36-37-39-41-43-45-47-49-51-58(63)68-55-57(56-69-61(60(65)66)67-54-53-62(3,4)5)70-59(64)52-50-48-46-44-42-40-38-35-23-21-19-17-15-13-11-9-7-2/h9,11,15,17,21,23,57,61H,6-8,10,12-14,16,18-20,22,24-56H2,1-5H3/p+1/b11-9-,17-15-,23-21-. The number of aliphatic carboxylic acids is 1. The fourth-order valence-electron chi connectivity index (χ4n) is 8.62. The maximum absolute atomic E-state index is 12.8. The Hall–Kier alpha value is -2.49. The van der Waals surface area contributed by atoms with E-state index in [1.807, 2.05) is 21.1 Å². The molecular formula is C61H114NO8+. The number of carbonyl (C=O) groups excluding carboxylic acids is 2. The van der Waals surface area contributed by atoms with Crippen molar-refractivity contribution in [2.45, 2.75) is 289 Å². The predicted octanol–water partition coefficient (Wildman–Crippen LogP) is 17.3. The molecule has 9 nitrogen and oxygen atoms in total. The molecule has 1 N–H and O–H groups in total. The average molecular weight is 990 g/mol. The number of rotatable bonds is 55. The van der Waals surface area contributed by atoms with Crippen LogP contribution in [0.4, 0.5) is 0 Å². The van der Waals surface area contributed by atoms with E-state index >= 15 is 0 Å². The molecule has 2 unspecified atom stereocenters. The highest BCUT2D eigenvalue weighted by atomic mass is 16.7. The summed E-state index contributed by atoms with van der Waals surface area (Å²) in [5.74, 6) is -2.00. The van der Waals surface area contributed by atoms with Crippen LogP contribution in [0.5, 0.6) is 0 Å². The molecule has 0 rings (SSSR count). The van der Waals surface area contributed by atoms with Crippen molar-refractivity contribution in [1.82, 2.24) is 0 Å². The van der Waals surface area contributed by atoms with Gasteiger partial charge in [0.05, 0.1) is 34.4 Å². The van der Waals surface area contributed by atoms with Gasteiger partial charge in [-0.2, -0.15) is 0 Å². The molecule has 0 heterocycles. The molecule has 0 aliphatic carbocycles. The predicted molar refractivity (Wildman–Crippen MR) is 295 cm³/mol. The first kappa shape index (κ1) is 67.5. The molecular weight excluding hydrogens is 875 g/mol. The third-order valence-corrected chi connectivity index (χ3v) is 13.2. The largest absolute Gasteiger partial charge is 0.477 e. The normalized spacial score (nSPS) is 13.0. The molecule has 0 amide bonds. The molecule has 0 saturated carbocycles. The van der Waals surface area contributed by atoms with Crippen LogP contribution >= 0.6 is 0 Å². The number of nitrogens with zero attached hydrogens (tertiary/aromatic N) is 1. The molecule has 0 radical (unpaired) electrons. The fourth-order valence-corrected chi connectivity index (χ4v) is 8.62. The molecule has 0 saturated heterocycles. The topological polar surface area (TPSA) is 108 Å². The molecule has 2 atom stereocenters. The number of unbranched alkanes of at least 4 members (excludes halogenated alkanes) is 34. The molecule has 0 fully saturated rings. The van der Waals surface area contributed by atoms with Crippen LogP contribution in [-0.2, 0) is 33.3 Å². The lowest BCUT2D eigenvalue weighted by atomic mass is 10.0. The van der Waals surface area contributed by atoms with Gasteiger partial charge < -0.3 is 28.5 Å². The van der Waals surface area contributed by atoms with Gasteiger partial charge in [-0.25, -0.2) is 4.79 Å². The first-order chi connectivity index (χ1) is 34.1. The summed E-state index contributed by atoms with van der Waals surface area (Å²) < 4.78 is 22.9. The highest BCUT2D eigenvalue weighted by Crippen LogP contribution is 2.18. The Labute approximate surface area is 432 Å². The summed E-state index contributed by atoms with van der Waals surface area (Å²) in [5, 5.41) is 9.69. The first-order valence-corrected chi connectivity index (χ1v) is 29.7. The van der Waals surface area contributed by atoms with Gasteiger partial charge in [-0.15, -0.1) is 0 Å². The van der Waals surface area contributed by atoms with Crippen LogP contribution in [0.25, 0.3) is 0 Å². The fraction of sp³-hybridized carbons (Fsp3) is 0.852. The van der Waals surface area contributed by atoms with Gasteiger partial charge in [-0.3, -0.25) is 9.59 Å². The van der Waals surface area contributed by atoms with Crippen LogP contribution in [0.2, 0.25) is 0 Å². The van der Waals surface area contributed by atoms with Crippen LogP contribution in [0, 0.1) is 0 Å². The van der Waals surface area contributed by atoms with E-state index in [9.17, 15) is 19.5 Å². The van der Waals surface area contributed by atoms with Crippen molar-refractivity contribution < 1.29 is 42.9 Å². The average Bonchev–Trinajstić information content (AvgIpc) is 3.33. The Balaban J connectivity index is 4.13. The summed E-state index contributed by atoms with van der Waals surface area (Å²) >= 11 is 0. The summed E-state index contributed by atoms with van der Waals surface area (Å²) in [6, 6.07) is 0. The molecule has 410 valence electrons. The first-order valence-electron chi connectivity index (χ1n) is 29.7. The van der Waals surface area contributed by atoms with Crippen LogP contribution < -0.4 is 0 Å². The van der Waals surface area contributed by atoms with Gasteiger partial charge in [0.25, 0.3) is 6.29 Å². The molecule has 0 aliphatic rings. The summed E-state index contributed by atoms with van der Waals surface area (Å²) in [4.78, 5) is 37.4. The highest BCUT2D eigenvalue weighted by molar-refractivity contribution is 5.71. The number of hydrogen-bond acceptors (Lipinski definition) is 7. The van der Waals surface area contributed by atoms with Crippen LogP contribution in [-0.4, -0.2) is 87.4 Å². The lowest BCUT2D eigenvalue weighted by molar-refractivity contribution is -0.870. The van der Waals surface area contributed by atoms with Gasteiger partial charge in [0.15, 0.2) is 6.10 Å². The Kier molecular flexibility index (Phi) is 50.9. The maximum atomic E-state index is 12.8. The van der Waals surface area contributed by atoms with E-state index in [0.717, 1.165) is 64.2 Å². The van der Waals surface area contributed by atoms with E-state index in [-0.39, 0.29) is 32.2 Å². The smallest absolute Gasteiger partial charge is 0.361 e. The summed E-state index contributed by atoms with van der Waals surface area (Å²) in [6.07, 6.45) is 60.9. The van der Waals surface area contributed by atoms with Gasteiger partial charge in [0.1, 0.15) is 13.2 Å².